The van der Waals surface area contributed by atoms with Crippen LogP contribution in [0.5, 0.6) is 0 Å². The fourth-order valence-electron chi connectivity index (χ4n) is 5.17. The third-order valence-electron chi connectivity index (χ3n) is 7.00. The maximum Gasteiger partial charge on any atom is 0.220 e. The number of hydrogen-bond acceptors (Lipinski definition) is 4. The summed E-state index contributed by atoms with van der Waals surface area (Å²) in [5.41, 5.74) is 2.54. The summed E-state index contributed by atoms with van der Waals surface area (Å²) < 4.78 is 0. The van der Waals surface area contributed by atoms with E-state index in [0.29, 0.717) is 24.8 Å². The van der Waals surface area contributed by atoms with Crippen molar-refractivity contribution in [3.05, 3.63) is 53.9 Å². The zero-order chi connectivity index (χ0) is 22.8. The van der Waals surface area contributed by atoms with Crippen molar-refractivity contribution in [2.45, 2.75) is 89.9 Å². The number of aliphatic hydroxyl groups excluding tert-OH is 2. The molecule has 0 saturated heterocycles. The molecule has 32 heavy (non-hydrogen) atoms. The van der Waals surface area contributed by atoms with Gasteiger partial charge in [0.15, 0.2) is 0 Å². The van der Waals surface area contributed by atoms with E-state index in [-0.39, 0.29) is 17.9 Å². The van der Waals surface area contributed by atoms with Gasteiger partial charge < -0.3 is 15.5 Å². The predicted molar refractivity (Wildman–Crippen MR) is 128 cm³/mol. The van der Waals surface area contributed by atoms with Crippen LogP contribution in [0.3, 0.4) is 0 Å². The lowest BCUT2D eigenvalue weighted by Crippen LogP contribution is -2.22. The molecule has 1 aromatic rings. The van der Waals surface area contributed by atoms with Gasteiger partial charge in [-0.1, -0.05) is 50.0 Å². The van der Waals surface area contributed by atoms with Crippen LogP contribution in [0.1, 0.15) is 76.7 Å². The molecule has 1 aromatic heterocycles. The van der Waals surface area contributed by atoms with Crippen molar-refractivity contribution in [3.8, 4) is 0 Å². The Kier molecular flexibility index (Phi) is 9.94. The van der Waals surface area contributed by atoms with Gasteiger partial charge in [-0.05, 0) is 68.1 Å². The number of unbranched alkanes of at least 4 members (excludes halogenated alkanes) is 3. The first-order valence-electron chi connectivity index (χ1n) is 12.5. The minimum atomic E-state index is -0.397. The summed E-state index contributed by atoms with van der Waals surface area (Å²) in [6.07, 6.45) is 18.7. The average Bonchev–Trinajstić information content (AvgIpc) is 3.31. The quantitative estimate of drug-likeness (QED) is 0.307. The first-order chi connectivity index (χ1) is 15.6. The van der Waals surface area contributed by atoms with Crippen LogP contribution in [0.4, 0.5) is 0 Å². The van der Waals surface area contributed by atoms with Crippen molar-refractivity contribution in [3.63, 3.8) is 0 Å². The minimum Gasteiger partial charge on any atom is -0.392 e. The molecule has 5 nitrogen and oxygen atoms in total. The Balaban J connectivity index is 1.34. The molecule has 0 aromatic carbocycles. The molecule has 5 heteroatoms. The van der Waals surface area contributed by atoms with E-state index in [4.69, 9.17) is 0 Å². The Hall–Kier alpha value is -1.98. The van der Waals surface area contributed by atoms with Crippen LogP contribution in [-0.4, -0.2) is 33.3 Å². The SMILES string of the molecule is CCCCC[C@H](O)C=C[C@@H]1[C@H]2CC(CCCCC(=O)NCc3ccncc3)=C[C@H]2C[C@H]1O. The molecule has 3 N–H and O–H groups in total. The topological polar surface area (TPSA) is 82.5 Å². The second-order valence-electron chi connectivity index (χ2n) is 9.52. The molecule has 0 aliphatic heterocycles. The molecule has 5 atom stereocenters. The van der Waals surface area contributed by atoms with Crippen LogP contribution in [0.2, 0.25) is 0 Å². The number of aliphatic hydroxyl groups is 2. The standard InChI is InChI=1S/C27H40N2O3/c1-2-3-4-8-23(30)10-11-24-25-17-21(16-22(25)18-26(24)31)7-5-6-9-27(32)29-19-20-12-14-28-15-13-20/h10-16,22-26,30-31H,2-9,17-19H2,1H3,(H,29,32)/t22-,23-,24+,25-,26+/m0/s1. The number of fused-ring (bicyclic) bond motifs is 1. The first kappa shape index (κ1) is 24.7. The summed E-state index contributed by atoms with van der Waals surface area (Å²) in [5.74, 6) is 1.16. The van der Waals surface area contributed by atoms with E-state index in [1.807, 2.05) is 18.2 Å². The van der Waals surface area contributed by atoms with Gasteiger partial charge in [0.05, 0.1) is 12.2 Å². The highest BCUT2D eigenvalue weighted by Crippen LogP contribution is 2.48. The van der Waals surface area contributed by atoms with E-state index in [2.05, 4.69) is 29.4 Å². The number of amides is 1. The van der Waals surface area contributed by atoms with Crippen molar-refractivity contribution in [1.29, 1.82) is 0 Å². The van der Waals surface area contributed by atoms with Crippen LogP contribution < -0.4 is 5.32 Å². The highest BCUT2D eigenvalue weighted by molar-refractivity contribution is 5.75. The van der Waals surface area contributed by atoms with Gasteiger partial charge in [-0.3, -0.25) is 9.78 Å². The summed E-state index contributed by atoms with van der Waals surface area (Å²) in [4.78, 5) is 16.0. The minimum absolute atomic E-state index is 0.102. The van der Waals surface area contributed by atoms with E-state index in [9.17, 15) is 15.0 Å². The van der Waals surface area contributed by atoms with Crippen molar-refractivity contribution in [1.82, 2.24) is 10.3 Å². The number of nitrogens with zero attached hydrogens (tertiary/aromatic N) is 1. The van der Waals surface area contributed by atoms with Gasteiger partial charge in [0.1, 0.15) is 0 Å². The second kappa shape index (κ2) is 12.9. The van der Waals surface area contributed by atoms with E-state index in [1.165, 1.54) is 5.57 Å². The van der Waals surface area contributed by atoms with Gasteiger partial charge in [0.2, 0.25) is 5.91 Å². The van der Waals surface area contributed by atoms with Crippen molar-refractivity contribution >= 4 is 5.91 Å². The van der Waals surface area contributed by atoms with Crippen LogP contribution >= 0.6 is 0 Å². The van der Waals surface area contributed by atoms with E-state index in [0.717, 1.165) is 63.4 Å². The molecule has 3 rings (SSSR count). The smallest absolute Gasteiger partial charge is 0.220 e. The number of carbonyl (C=O) groups excluding carboxylic acids is 1. The number of hydrogen-bond donors (Lipinski definition) is 3. The van der Waals surface area contributed by atoms with Crippen LogP contribution in [0, 0.1) is 17.8 Å². The number of allylic oxidation sites excluding steroid dienone is 2. The third-order valence-corrected chi connectivity index (χ3v) is 7.00. The third kappa shape index (κ3) is 7.56. The Morgan fingerprint density at radius 3 is 2.84 bits per heavy atom. The normalized spacial score (nSPS) is 25.7. The predicted octanol–water partition coefficient (Wildman–Crippen LogP) is 4.70. The molecule has 1 saturated carbocycles. The van der Waals surface area contributed by atoms with Crippen molar-refractivity contribution in [2.75, 3.05) is 0 Å². The average molecular weight is 441 g/mol. The molecule has 0 bridgehead atoms. The lowest BCUT2D eigenvalue weighted by Gasteiger charge is -2.19. The molecule has 0 spiro atoms. The first-order valence-corrected chi connectivity index (χ1v) is 12.5. The maximum atomic E-state index is 12.1. The number of aromatic nitrogens is 1. The van der Waals surface area contributed by atoms with Crippen LogP contribution in [0.25, 0.3) is 0 Å². The molecule has 0 unspecified atom stereocenters. The van der Waals surface area contributed by atoms with Gasteiger partial charge in [0.25, 0.3) is 0 Å². The van der Waals surface area contributed by atoms with Gasteiger partial charge >= 0.3 is 0 Å². The summed E-state index contributed by atoms with van der Waals surface area (Å²) in [5, 5.41) is 23.7. The highest BCUT2D eigenvalue weighted by Gasteiger charge is 2.43. The lowest BCUT2D eigenvalue weighted by molar-refractivity contribution is -0.121. The fourth-order valence-corrected chi connectivity index (χ4v) is 5.17. The molecule has 1 amide bonds. The summed E-state index contributed by atoms with van der Waals surface area (Å²) >= 11 is 0. The molecule has 176 valence electrons. The van der Waals surface area contributed by atoms with Gasteiger partial charge in [-0.15, -0.1) is 0 Å². The highest BCUT2D eigenvalue weighted by atomic mass is 16.3. The molecule has 0 radical (unpaired) electrons. The fraction of sp³-hybridized carbons (Fsp3) is 0.630. The molecule has 2 aliphatic carbocycles. The second-order valence-corrected chi connectivity index (χ2v) is 9.52. The Bertz CT molecular complexity index is 761. The Morgan fingerprint density at radius 1 is 1.25 bits per heavy atom. The van der Waals surface area contributed by atoms with Crippen LogP contribution in [-0.2, 0) is 11.3 Å². The molecular weight excluding hydrogens is 400 g/mol. The molecule has 1 fully saturated rings. The van der Waals surface area contributed by atoms with Gasteiger partial charge in [-0.25, -0.2) is 0 Å². The van der Waals surface area contributed by atoms with Crippen molar-refractivity contribution in [2.24, 2.45) is 17.8 Å². The molecule has 1 heterocycles. The molecular formula is C27H40N2O3. The lowest BCUT2D eigenvalue weighted by atomic mass is 9.88. The van der Waals surface area contributed by atoms with E-state index in [1.54, 1.807) is 12.4 Å². The molecule has 2 aliphatic rings. The number of nitrogens with one attached hydrogen (secondary N) is 1. The summed E-state index contributed by atoms with van der Waals surface area (Å²) in [6.45, 7) is 2.72. The van der Waals surface area contributed by atoms with Gasteiger partial charge in [0, 0.05) is 31.3 Å². The maximum absolute atomic E-state index is 12.1. The van der Waals surface area contributed by atoms with E-state index < -0.39 is 6.10 Å². The van der Waals surface area contributed by atoms with Crippen LogP contribution in [0.15, 0.2) is 48.3 Å². The van der Waals surface area contributed by atoms with Gasteiger partial charge in [-0.2, -0.15) is 0 Å². The summed E-state index contributed by atoms with van der Waals surface area (Å²) in [6, 6.07) is 3.83. The zero-order valence-electron chi connectivity index (χ0n) is 19.5. The number of pyridine rings is 1. The number of rotatable bonds is 13. The largest absolute Gasteiger partial charge is 0.392 e. The zero-order valence-corrected chi connectivity index (χ0v) is 19.5. The number of carbonyl (C=O) groups is 1. The Labute approximate surface area is 193 Å². The van der Waals surface area contributed by atoms with Crippen molar-refractivity contribution < 1.29 is 15.0 Å². The van der Waals surface area contributed by atoms with E-state index >= 15 is 0 Å². The summed E-state index contributed by atoms with van der Waals surface area (Å²) in [7, 11) is 0. The Morgan fingerprint density at radius 2 is 2.06 bits per heavy atom. The monoisotopic (exact) mass is 440 g/mol.